The molecule has 1 aromatic carbocycles. The molecule has 2 rings (SSSR count). The van der Waals surface area contributed by atoms with Crippen LogP contribution in [0.25, 0.3) is 0 Å². The minimum atomic E-state index is -4.44. The Kier molecular flexibility index (Phi) is 9.29. The van der Waals surface area contributed by atoms with Crippen LogP contribution in [0.1, 0.15) is 19.4 Å². The molecule has 0 saturated carbocycles. The first-order valence-electron chi connectivity index (χ1n) is 8.20. The van der Waals surface area contributed by atoms with Gasteiger partial charge in [0.05, 0.1) is 12.6 Å². The smallest absolute Gasteiger partial charge is 0.422 e. The lowest BCUT2D eigenvalue weighted by Gasteiger charge is -2.12. The van der Waals surface area contributed by atoms with Crippen molar-refractivity contribution < 1.29 is 22.6 Å². The lowest BCUT2D eigenvalue weighted by molar-refractivity contribution is -0.154. The maximum Gasteiger partial charge on any atom is 0.422 e. The van der Waals surface area contributed by atoms with Gasteiger partial charge in [-0.3, -0.25) is 0 Å². The highest BCUT2D eigenvalue weighted by atomic mass is 127. The van der Waals surface area contributed by atoms with E-state index in [0.717, 1.165) is 5.75 Å². The normalized spacial score (nSPS) is 11.7. The summed E-state index contributed by atoms with van der Waals surface area (Å²) in [5, 5.41) is 2.90. The third-order valence-corrected chi connectivity index (χ3v) is 3.14. The highest BCUT2D eigenvalue weighted by Crippen LogP contribution is 2.21. The highest BCUT2D eigenvalue weighted by Gasteiger charge is 2.29. The zero-order valence-electron chi connectivity index (χ0n) is 15.4. The first kappa shape index (κ1) is 23.8. The Balaban J connectivity index is 0.00000392. The molecule has 0 unspecified atom stereocenters. The van der Waals surface area contributed by atoms with E-state index in [4.69, 9.17) is 15.2 Å². The Hall–Kier alpha value is -2.24. The maximum atomic E-state index is 12.3. The second-order valence-corrected chi connectivity index (χ2v) is 5.89. The third-order valence-electron chi connectivity index (χ3n) is 3.14. The summed E-state index contributed by atoms with van der Waals surface area (Å²) in [7, 11) is 0. The van der Waals surface area contributed by atoms with Crippen LogP contribution in [0, 0.1) is 0 Å². The van der Waals surface area contributed by atoms with Crippen LogP contribution < -0.4 is 20.5 Å². The van der Waals surface area contributed by atoms with Crippen LogP contribution in [-0.2, 0) is 6.54 Å². The maximum absolute atomic E-state index is 12.3. The Bertz CT molecular complexity index is 768. The van der Waals surface area contributed by atoms with Crippen molar-refractivity contribution in [2.75, 3.05) is 11.9 Å². The number of nitrogens with zero attached hydrogens (tertiary/aromatic N) is 2. The molecule has 0 aliphatic heterocycles. The summed E-state index contributed by atoms with van der Waals surface area (Å²) in [6.45, 7) is 2.47. The first-order chi connectivity index (χ1) is 12.7. The van der Waals surface area contributed by atoms with Crippen LogP contribution >= 0.6 is 24.0 Å². The number of ether oxygens (including phenoxy) is 2. The molecule has 28 heavy (non-hydrogen) atoms. The number of rotatable bonds is 7. The number of hydrogen-bond acceptors (Lipinski definition) is 4. The van der Waals surface area contributed by atoms with Gasteiger partial charge < -0.3 is 20.5 Å². The Labute approximate surface area is 178 Å². The summed E-state index contributed by atoms with van der Waals surface area (Å²) in [4.78, 5) is 7.93. The predicted molar refractivity (Wildman–Crippen MR) is 112 cm³/mol. The van der Waals surface area contributed by atoms with Gasteiger partial charge in [-0.05, 0) is 44.2 Å². The van der Waals surface area contributed by atoms with Crippen LogP contribution in [0.3, 0.4) is 0 Å². The summed E-state index contributed by atoms with van der Waals surface area (Å²) >= 11 is 0. The van der Waals surface area contributed by atoms with Gasteiger partial charge >= 0.3 is 6.18 Å². The molecule has 0 fully saturated rings. The van der Waals surface area contributed by atoms with Crippen LogP contribution in [0.4, 0.5) is 18.9 Å². The lowest BCUT2D eigenvalue weighted by atomic mass is 10.3. The van der Waals surface area contributed by atoms with Crippen molar-refractivity contribution in [3.63, 3.8) is 0 Å². The molecule has 1 aromatic heterocycles. The fraction of sp³-hybridized carbons (Fsp3) is 0.333. The number of halogens is 4. The largest absolute Gasteiger partial charge is 0.491 e. The van der Waals surface area contributed by atoms with E-state index >= 15 is 0 Å². The van der Waals surface area contributed by atoms with Crippen molar-refractivity contribution in [2.45, 2.75) is 32.7 Å². The number of aliphatic imine (C=N–C) groups is 1. The van der Waals surface area contributed by atoms with Gasteiger partial charge in [-0.2, -0.15) is 13.2 Å². The molecular formula is C18H22F3IN4O2. The lowest BCUT2D eigenvalue weighted by Crippen LogP contribution is -2.23. The third kappa shape index (κ3) is 8.63. The molecule has 0 spiro atoms. The van der Waals surface area contributed by atoms with Crippen LogP contribution in [-0.4, -0.2) is 29.8 Å². The standard InChI is InChI=1S/C18H21F3N4O2.HI/c1-12(2)27-15-7-5-14(6-8-15)25-17(22)24-10-13-4-3-9-23-16(13)26-11-18(19,20)21;/h3-9,12H,10-11H2,1-2H3,(H3,22,24,25);1H. The number of benzene rings is 1. The average Bonchev–Trinajstić information content (AvgIpc) is 2.59. The van der Waals surface area contributed by atoms with Crippen molar-refractivity contribution in [3.05, 3.63) is 48.2 Å². The second-order valence-electron chi connectivity index (χ2n) is 5.89. The molecule has 0 radical (unpaired) electrons. The zero-order valence-corrected chi connectivity index (χ0v) is 17.7. The van der Waals surface area contributed by atoms with Crippen molar-refractivity contribution in [1.82, 2.24) is 4.98 Å². The summed E-state index contributed by atoms with van der Waals surface area (Å²) in [6.07, 6.45) is -3.02. The number of alkyl halides is 3. The van der Waals surface area contributed by atoms with Gasteiger partial charge in [0.1, 0.15) is 5.75 Å². The van der Waals surface area contributed by atoms with E-state index in [-0.39, 0.29) is 48.5 Å². The van der Waals surface area contributed by atoms with Crippen LogP contribution in [0.5, 0.6) is 11.6 Å². The molecule has 0 aliphatic rings. The molecule has 0 aliphatic carbocycles. The molecule has 154 valence electrons. The quantitative estimate of drug-likeness (QED) is 0.329. The Morgan fingerprint density at radius 3 is 2.50 bits per heavy atom. The number of nitrogens with one attached hydrogen (secondary N) is 1. The van der Waals surface area contributed by atoms with Crippen LogP contribution in [0.2, 0.25) is 0 Å². The van der Waals surface area contributed by atoms with E-state index in [0.29, 0.717) is 11.3 Å². The molecule has 0 atom stereocenters. The van der Waals surface area contributed by atoms with E-state index in [1.165, 1.54) is 6.20 Å². The topological polar surface area (TPSA) is 81.8 Å². The van der Waals surface area contributed by atoms with Gasteiger partial charge in [0.25, 0.3) is 0 Å². The number of anilines is 1. The fourth-order valence-electron chi connectivity index (χ4n) is 2.07. The number of pyridine rings is 1. The Morgan fingerprint density at radius 1 is 1.21 bits per heavy atom. The van der Waals surface area contributed by atoms with Crippen molar-refractivity contribution in [2.24, 2.45) is 10.7 Å². The predicted octanol–water partition coefficient (Wildman–Crippen LogP) is 4.35. The molecule has 0 amide bonds. The molecular weight excluding hydrogens is 488 g/mol. The summed E-state index contributed by atoms with van der Waals surface area (Å²) in [6, 6.07) is 10.3. The number of guanidine groups is 1. The number of aromatic nitrogens is 1. The molecule has 0 saturated heterocycles. The first-order valence-corrected chi connectivity index (χ1v) is 8.20. The minimum absolute atomic E-state index is 0. The summed E-state index contributed by atoms with van der Waals surface area (Å²) in [5.41, 5.74) is 6.93. The molecule has 10 heteroatoms. The number of nitrogens with two attached hydrogens (primary N) is 1. The van der Waals surface area contributed by atoms with Gasteiger partial charge in [0.2, 0.25) is 5.88 Å². The molecule has 2 aromatic rings. The van der Waals surface area contributed by atoms with E-state index in [1.54, 1.807) is 36.4 Å². The van der Waals surface area contributed by atoms with Gasteiger partial charge in [-0.15, -0.1) is 24.0 Å². The van der Waals surface area contributed by atoms with Crippen LogP contribution in [0.15, 0.2) is 47.6 Å². The zero-order chi connectivity index (χ0) is 19.9. The van der Waals surface area contributed by atoms with Gasteiger partial charge in [-0.25, -0.2) is 9.98 Å². The van der Waals surface area contributed by atoms with E-state index < -0.39 is 12.8 Å². The second kappa shape index (κ2) is 10.9. The molecule has 6 nitrogen and oxygen atoms in total. The summed E-state index contributed by atoms with van der Waals surface area (Å²) < 4.78 is 47.2. The highest BCUT2D eigenvalue weighted by molar-refractivity contribution is 14.0. The van der Waals surface area contributed by atoms with E-state index in [1.807, 2.05) is 13.8 Å². The average molecular weight is 510 g/mol. The molecule has 1 heterocycles. The minimum Gasteiger partial charge on any atom is -0.491 e. The molecule has 0 bridgehead atoms. The van der Waals surface area contributed by atoms with Gasteiger partial charge in [0, 0.05) is 17.4 Å². The van der Waals surface area contributed by atoms with Crippen molar-refractivity contribution in [3.8, 4) is 11.6 Å². The molecule has 3 N–H and O–H groups in total. The van der Waals surface area contributed by atoms with Crippen molar-refractivity contribution >= 4 is 35.6 Å². The van der Waals surface area contributed by atoms with E-state index in [9.17, 15) is 13.2 Å². The fourth-order valence-corrected chi connectivity index (χ4v) is 2.07. The van der Waals surface area contributed by atoms with Gasteiger partial charge in [-0.1, -0.05) is 6.07 Å². The SMILES string of the molecule is CC(C)Oc1ccc(NC(N)=NCc2cccnc2OCC(F)(F)F)cc1.I. The van der Waals surface area contributed by atoms with Crippen molar-refractivity contribution in [1.29, 1.82) is 0 Å². The number of hydrogen-bond donors (Lipinski definition) is 2. The summed E-state index contributed by atoms with van der Waals surface area (Å²) in [5.74, 6) is 0.715. The van der Waals surface area contributed by atoms with Gasteiger partial charge in [0.15, 0.2) is 12.6 Å². The van der Waals surface area contributed by atoms with E-state index in [2.05, 4.69) is 15.3 Å². The Morgan fingerprint density at radius 2 is 1.89 bits per heavy atom. The monoisotopic (exact) mass is 510 g/mol.